The molecule has 9 nitrogen and oxygen atoms in total. The number of anilines is 1. The van der Waals surface area contributed by atoms with Crippen LogP contribution >= 0.6 is 0 Å². The van der Waals surface area contributed by atoms with Gasteiger partial charge in [0.25, 0.3) is 5.95 Å². The Hall–Kier alpha value is -3.17. The molecule has 2 bridgehead atoms. The lowest BCUT2D eigenvalue weighted by Crippen LogP contribution is -2.42. The van der Waals surface area contributed by atoms with Crippen molar-refractivity contribution in [3.63, 3.8) is 0 Å². The van der Waals surface area contributed by atoms with Gasteiger partial charge in [0.15, 0.2) is 5.65 Å². The zero-order valence-corrected chi connectivity index (χ0v) is 17.5. The molecule has 2 fully saturated rings. The van der Waals surface area contributed by atoms with Gasteiger partial charge in [0.1, 0.15) is 0 Å². The number of hydrogen-bond acceptors (Lipinski definition) is 8. The van der Waals surface area contributed by atoms with Crippen LogP contribution < -0.4 is 10.2 Å². The minimum atomic E-state index is 0.334. The Labute approximate surface area is 180 Å². The smallest absolute Gasteiger partial charge is 0.251 e. The van der Waals surface area contributed by atoms with Crippen molar-refractivity contribution in [3.8, 4) is 0 Å². The Morgan fingerprint density at radius 1 is 1.29 bits per heavy atom. The van der Waals surface area contributed by atoms with Gasteiger partial charge in [-0.2, -0.15) is 10.1 Å². The Balaban J connectivity index is 1.39. The second-order valence-electron chi connectivity index (χ2n) is 8.06. The van der Waals surface area contributed by atoms with Crippen LogP contribution in [0.2, 0.25) is 0 Å². The molecule has 0 amide bonds. The number of benzene rings is 1. The fraction of sp³-hybridized carbons (Fsp3) is 0.409. The highest BCUT2D eigenvalue weighted by molar-refractivity contribution is 6.31. The van der Waals surface area contributed by atoms with E-state index in [1.807, 2.05) is 11.7 Å². The number of aliphatic imine (C=N–C) groups is 1. The molecule has 31 heavy (non-hydrogen) atoms. The van der Waals surface area contributed by atoms with E-state index in [0.29, 0.717) is 37.0 Å². The number of ether oxygens (including phenoxy) is 1. The number of nitrogens with zero attached hydrogens (tertiary/aromatic N) is 6. The quantitative estimate of drug-likeness (QED) is 0.570. The highest BCUT2D eigenvalue weighted by atomic mass is 16.5. The summed E-state index contributed by atoms with van der Waals surface area (Å²) in [6.45, 7) is 3.02. The van der Waals surface area contributed by atoms with Crippen LogP contribution in [-0.2, 0) is 11.3 Å². The normalized spacial score (nSPS) is 21.1. The molecule has 0 spiro atoms. The molecule has 2 saturated heterocycles. The van der Waals surface area contributed by atoms with Crippen molar-refractivity contribution in [2.75, 3.05) is 31.6 Å². The van der Waals surface area contributed by atoms with Gasteiger partial charge in [-0.1, -0.05) is 12.1 Å². The third-order valence-electron chi connectivity index (χ3n) is 5.78. The van der Waals surface area contributed by atoms with E-state index in [9.17, 15) is 0 Å². The van der Waals surface area contributed by atoms with Gasteiger partial charge < -0.3 is 20.4 Å². The lowest BCUT2D eigenvalue weighted by atomic mass is 10.1. The average Bonchev–Trinajstić information content (AvgIpc) is 3.35. The minimum absolute atomic E-state index is 0.334. The molecule has 5 rings (SSSR count). The van der Waals surface area contributed by atoms with Gasteiger partial charge in [0, 0.05) is 37.7 Å². The van der Waals surface area contributed by atoms with Crippen LogP contribution in [0.4, 0.5) is 11.6 Å². The summed E-state index contributed by atoms with van der Waals surface area (Å²) in [5.74, 6) is 0.334. The first-order chi connectivity index (χ1) is 15.2. The van der Waals surface area contributed by atoms with E-state index in [1.54, 1.807) is 12.4 Å². The Morgan fingerprint density at radius 2 is 2.13 bits per heavy atom. The molecule has 9 heteroatoms. The number of aromatic nitrogens is 4. The van der Waals surface area contributed by atoms with Crippen LogP contribution in [0.15, 0.2) is 41.7 Å². The van der Waals surface area contributed by atoms with Gasteiger partial charge in [-0.3, -0.25) is 0 Å². The fourth-order valence-corrected chi connectivity index (χ4v) is 4.31. The Morgan fingerprint density at radius 3 is 2.90 bits per heavy atom. The first-order valence-electron chi connectivity index (χ1n) is 10.6. The number of nitrogens with one attached hydrogen (secondary N) is 2. The topological polar surface area (TPSA) is 104 Å². The fourth-order valence-electron chi connectivity index (χ4n) is 4.31. The average molecular weight is 419 g/mol. The Bertz CT molecular complexity index is 1110. The Kier molecular flexibility index (Phi) is 5.44. The summed E-state index contributed by atoms with van der Waals surface area (Å²) in [7, 11) is 1.81. The predicted octanol–water partition coefficient (Wildman–Crippen LogP) is 2.18. The molecule has 3 aromatic rings. The summed E-state index contributed by atoms with van der Waals surface area (Å²) >= 11 is 0. The number of hydrogen-bond donors (Lipinski definition) is 2. The molecule has 2 atom stereocenters. The standard InChI is InChI=1S/C22H26N8O/c1-24-11-17(8-23)27-22-25-9-16-10-26-30(21(16)28-22)12-15-3-2-4-18(7-15)29-13-19-5-6-20(14-29)31-19/h2-4,7-10,19-20,23-24H,5-6,11-14H2,1H3. The number of fused-ring (bicyclic) bond motifs is 3. The van der Waals surface area contributed by atoms with Gasteiger partial charge in [0.05, 0.1) is 36.0 Å². The molecule has 0 radical (unpaired) electrons. The van der Waals surface area contributed by atoms with Crippen LogP contribution in [0.25, 0.3) is 11.0 Å². The minimum Gasteiger partial charge on any atom is -0.371 e. The molecular weight excluding hydrogens is 392 g/mol. The van der Waals surface area contributed by atoms with Crippen LogP contribution in [0.1, 0.15) is 18.4 Å². The second-order valence-corrected chi connectivity index (χ2v) is 8.06. The van der Waals surface area contributed by atoms with Crippen molar-refractivity contribution in [1.29, 1.82) is 5.41 Å². The van der Waals surface area contributed by atoms with Crippen molar-refractivity contribution in [1.82, 2.24) is 25.1 Å². The van der Waals surface area contributed by atoms with E-state index < -0.39 is 0 Å². The lowest BCUT2D eigenvalue weighted by Gasteiger charge is -2.34. The molecular formula is C22H26N8O. The maximum atomic E-state index is 7.49. The molecule has 2 aliphatic rings. The van der Waals surface area contributed by atoms with Crippen molar-refractivity contribution in [3.05, 3.63) is 42.2 Å². The molecule has 2 N–H and O–H groups in total. The lowest BCUT2D eigenvalue weighted by molar-refractivity contribution is 0.0305. The SMILES string of the molecule is CNCC(C=N)=Nc1ncc2cnn(Cc3cccc(N4CC5CCC(C4)O5)c3)c2n1. The molecule has 160 valence electrons. The van der Waals surface area contributed by atoms with Gasteiger partial charge >= 0.3 is 0 Å². The predicted molar refractivity (Wildman–Crippen MR) is 121 cm³/mol. The summed E-state index contributed by atoms with van der Waals surface area (Å²) in [4.78, 5) is 15.7. The zero-order chi connectivity index (χ0) is 21.2. The molecule has 2 aliphatic heterocycles. The van der Waals surface area contributed by atoms with Crippen LogP contribution in [0, 0.1) is 5.41 Å². The van der Waals surface area contributed by atoms with Crippen LogP contribution in [0.5, 0.6) is 0 Å². The molecule has 1 aromatic carbocycles. The first kappa shape index (κ1) is 19.8. The summed E-state index contributed by atoms with van der Waals surface area (Å²) < 4.78 is 7.85. The van der Waals surface area contributed by atoms with Crippen molar-refractivity contribution in [2.24, 2.45) is 4.99 Å². The highest BCUT2D eigenvalue weighted by Crippen LogP contribution is 2.30. The first-order valence-corrected chi connectivity index (χ1v) is 10.6. The van der Waals surface area contributed by atoms with Crippen molar-refractivity contribution >= 4 is 34.6 Å². The van der Waals surface area contributed by atoms with E-state index in [2.05, 4.69) is 54.5 Å². The van der Waals surface area contributed by atoms with E-state index in [1.165, 1.54) is 30.3 Å². The van der Waals surface area contributed by atoms with Crippen LogP contribution in [0.3, 0.4) is 0 Å². The molecule has 2 unspecified atom stereocenters. The monoisotopic (exact) mass is 418 g/mol. The highest BCUT2D eigenvalue weighted by Gasteiger charge is 2.33. The number of morpholine rings is 1. The van der Waals surface area contributed by atoms with E-state index >= 15 is 0 Å². The van der Waals surface area contributed by atoms with Crippen molar-refractivity contribution in [2.45, 2.75) is 31.6 Å². The zero-order valence-electron chi connectivity index (χ0n) is 17.5. The van der Waals surface area contributed by atoms with E-state index in [-0.39, 0.29) is 0 Å². The third kappa shape index (κ3) is 4.19. The third-order valence-corrected chi connectivity index (χ3v) is 5.78. The molecule has 0 aliphatic carbocycles. The maximum Gasteiger partial charge on any atom is 0.251 e. The summed E-state index contributed by atoms with van der Waals surface area (Å²) in [6.07, 6.45) is 7.77. The van der Waals surface area contributed by atoms with Gasteiger partial charge in [-0.25, -0.2) is 14.7 Å². The van der Waals surface area contributed by atoms with E-state index in [0.717, 1.165) is 24.1 Å². The summed E-state index contributed by atoms with van der Waals surface area (Å²) in [5, 5.41) is 15.9. The van der Waals surface area contributed by atoms with Gasteiger partial charge in [-0.05, 0) is 37.6 Å². The second kappa shape index (κ2) is 8.52. The molecule has 4 heterocycles. The number of rotatable bonds is 7. The van der Waals surface area contributed by atoms with E-state index in [4.69, 9.17) is 10.1 Å². The van der Waals surface area contributed by atoms with Gasteiger partial charge in [-0.15, -0.1) is 0 Å². The molecule has 2 aromatic heterocycles. The maximum absolute atomic E-state index is 7.49. The van der Waals surface area contributed by atoms with Crippen LogP contribution in [-0.4, -0.2) is 70.6 Å². The summed E-state index contributed by atoms with van der Waals surface area (Å²) in [6, 6.07) is 8.63. The molecule has 0 saturated carbocycles. The summed E-state index contributed by atoms with van der Waals surface area (Å²) in [5.41, 5.74) is 3.70. The largest absolute Gasteiger partial charge is 0.371 e. The van der Waals surface area contributed by atoms with Crippen molar-refractivity contribution < 1.29 is 4.74 Å². The van der Waals surface area contributed by atoms with Gasteiger partial charge in [0.2, 0.25) is 0 Å².